The Morgan fingerprint density at radius 2 is 1.81 bits per heavy atom. The Bertz CT molecular complexity index is 1260. The maximum atomic E-state index is 12.8. The van der Waals surface area contributed by atoms with E-state index < -0.39 is 0 Å². The van der Waals surface area contributed by atoms with Crippen LogP contribution in [0.2, 0.25) is 0 Å². The number of carbonyl (C=O) groups excluding carboxylic acids is 1. The second kappa shape index (κ2) is 12.3. The number of hydrogen-bond donors (Lipinski definition) is 2. The van der Waals surface area contributed by atoms with Gasteiger partial charge in [0, 0.05) is 51.5 Å². The second-order valence-corrected chi connectivity index (χ2v) is 9.28. The van der Waals surface area contributed by atoms with E-state index in [1.807, 2.05) is 76.3 Å². The number of aliphatic imine (C=N–C) groups is 1. The highest BCUT2D eigenvalue weighted by molar-refractivity contribution is 6.07. The standard InChI is InChI=1S/C28H37N7O2/c1-18(25-19(2)32-33-27(26(25)29)34(4)5)31-22-17-21(28(36)35(6)7)13-14-24(22)37-23(15-16-30-3)20-11-9-8-10-12-20/h8-14,17,23,30H,15-16H2,1-7H3,(H2,29,32). The van der Waals surface area contributed by atoms with Crippen molar-refractivity contribution in [3.63, 3.8) is 0 Å². The van der Waals surface area contributed by atoms with Crippen molar-refractivity contribution in [2.24, 2.45) is 4.99 Å². The highest BCUT2D eigenvalue weighted by Gasteiger charge is 2.20. The molecule has 0 aliphatic carbocycles. The molecule has 0 radical (unpaired) electrons. The normalized spacial score (nSPS) is 12.2. The maximum absolute atomic E-state index is 12.8. The number of ether oxygens (including phenoxy) is 1. The molecule has 1 heterocycles. The van der Waals surface area contributed by atoms with Crippen LogP contribution in [0.4, 0.5) is 17.2 Å². The summed E-state index contributed by atoms with van der Waals surface area (Å²) in [6.07, 6.45) is 0.557. The van der Waals surface area contributed by atoms with Gasteiger partial charge in [0.2, 0.25) is 0 Å². The van der Waals surface area contributed by atoms with Gasteiger partial charge in [-0.1, -0.05) is 30.3 Å². The van der Waals surface area contributed by atoms with E-state index in [2.05, 4.69) is 15.5 Å². The number of rotatable bonds is 10. The average molecular weight is 504 g/mol. The fourth-order valence-electron chi connectivity index (χ4n) is 4.04. The Kier molecular flexibility index (Phi) is 9.19. The minimum absolute atomic E-state index is 0.119. The van der Waals surface area contributed by atoms with Crippen molar-refractivity contribution in [1.82, 2.24) is 20.4 Å². The van der Waals surface area contributed by atoms with Crippen LogP contribution in [-0.4, -0.2) is 68.5 Å². The van der Waals surface area contributed by atoms with Gasteiger partial charge in [-0.2, -0.15) is 5.10 Å². The molecule has 1 unspecified atom stereocenters. The van der Waals surface area contributed by atoms with Crippen LogP contribution in [0, 0.1) is 6.92 Å². The van der Waals surface area contributed by atoms with Crippen LogP contribution in [0.25, 0.3) is 0 Å². The number of anilines is 2. The fraction of sp³-hybridized carbons (Fsp3) is 0.357. The lowest BCUT2D eigenvalue weighted by Crippen LogP contribution is -2.21. The summed E-state index contributed by atoms with van der Waals surface area (Å²) in [6.45, 7) is 4.50. The van der Waals surface area contributed by atoms with Crippen molar-refractivity contribution >= 4 is 28.8 Å². The van der Waals surface area contributed by atoms with Crippen LogP contribution in [-0.2, 0) is 0 Å². The summed E-state index contributed by atoms with van der Waals surface area (Å²) in [5.74, 6) is 1.02. The lowest BCUT2D eigenvalue weighted by atomic mass is 10.1. The summed E-state index contributed by atoms with van der Waals surface area (Å²) in [5.41, 5.74) is 11.1. The van der Waals surface area contributed by atoms with Gasteiger partial charge in [0.1, 0.15) is 17.5 Å². The molecule has 3 aromatic rings. The number of carbonyl (C=O) groups is 1. The number of amides is 1. The molecule has 196 valence electrons. The third-order valence-corrected chi connectivity index (χ3v) is 5.95. The number of aryl methyl sites for hydroxylation is 1. The smallest absolute Gasteiger partial charge is 0.253 e. The summed E-state index contributed by atoms with van der Waals surface area (Å²) in [6, 6.07) is 15.4. The van der Waals surface area contributed by atoms with E-state index in [9.17, 15) is 4.79 Å². The molecule has 0 fully saturated rings. The van der Waals surface area contributed by atoms with Gasteiger partial charge in [-0.25, -0.2) is 4.99 Å². The van der Waals surface area contributed by atoms with Crippen LogP contribution in [0.1, 0.15) is 46.6 Å². The van der Waals surface area contributed by atoms with Gasteiger partial charge < -0.3 is 25.6 Å². The summed E-state index contributed by atoms with van der Waals surface area (Å²) >= 11 is 0. The molecule has 0 aliphatic heterocycles. The van der Waals surface area contributed by atoms with Crippen molar-refractivity contribution in [1.29, 1.82) is 0 Å². The predicted octanol–water partition coefficient (Wildman–Crippen LogP) is 4.01. The molecule has 0 spiro atoms. The average Bonchev–Trinajstić information content (AvgIpc) is 2.87. The molecule has 0 bridgehead atoms. The Morgan fingerprint density at radius 1 is 1.11 bits per heavy atom. The Hall–Kier alpha value is -3.98. The zero-order chi connectivity index (χ0) is 27.1. The van der Waals surface area contributed by atoms with Crippen LogP contribution in [0.15, 0.2) is 53.5 Å². The van der Waals surface area contributed by atoms with Crippen LogP contribution in [0.5, 0.6) is 5.75 Å². The van der Waals surface area contributed by atoms with Gasteiger partial charge in [-0.15, -0.1) is 5.10 Å². The first kappa shape index (κ1) is 27.6. The molecule has 9 heteroatoms. The van der Waals surface area contributed by atoms with Crippen LogP contribution >= 0.6 is 0 Å². The topological polar surface area (TPSA) is 109 Å². The van der Waals surface area contributed by atoms with Crippen LogP contribution < -0.4 is 20.7 Å². The number of aromatic nitrogens is 2. The number of nitrogens with zero attached hydrogens (tertiary/aromatic N) is 5. The number of nitrogens with one attached hydrogen (secondary N) is 1. The van der Waals surface area contributed by atoms with Gasteiger partial charge in [0.05, 0.1) is 11.4 Å². The van der Waals surface area contributed by atoms with Gasteiger partial charge in [0.15, 0.2) is 5.82 Å². The second-order valence-electron chi connectivity index (χ2n) is 9.28. The highest BCUT2D eigenvalue weighted by Crippen LogP contribution is 2.35. The monoisotopic (exact) mass is 503 g/mol. The Morgan fingerprint density at radius 3 is 2.43 bits per heavy atom. The zero-order valence-corrected chi connectivity index (χ0v) is 22.7. The molecule has 1 amide bonds. The van der Waals surface area contributed by atoms with Gasteiger partial charge in [-0.3, -0.25) is 4.79 Å². The van der Waals surface area contributed by atoms with Crippen molar-refractivity contribution in [2.45, 2.75) is 26.4 Å². The minimum Gasteiger partial charge on any atom is -0.483 e. The molecular weight excluding hydrogens is 466 g/mol. The zero-order valence-electron chi connectivity index (χ0n) is 22.7. The largest absolute Gasteiger partial charge is 0.483 e. The fourth-order valence-corrected chi connectivity index (χ4v) is 4.04. The number of hydrogen-bond acceptors (Lipinski definition) is 8. The summed E-state index contributed by atoms with van der Waals surface area (Å²) in [5, 5.41) is 11.7. The maximum Gasteiger partial charge on any atom is 0.253 e. The van der Waals surface area contributed by atoms with Crippen molar-refractivity contribution < 1.29 is 9.53 Å². The lowest BCUT2D eigenvalue weighted by Gasteiger charge is -2.22. The molecule has 0 aliphatic rings. The van der Waals surface area contributed by atoms with E-state index in [-0.39, 0.29) is 12.0 Å². The molecule has 3 N–H and O–H groups in total. The summed E-state index contributed by atoms with van der Waals surface area (Å²) in [7, 11) is 9.09. The minimum atomic E-state index is -0.201. The predicted molar refractivity (Wildman–Crippen MR) is 150 cm³/mol. The van der Waals surface area contributed by atoms with E-state index in [4.69, 9.17) is 15.5 Å². The molecule has 0 saturated carbocycles. The van der Waals surface area contributed by atoms with Crippen LogP contribution in [0.3, 0.4) is 0 Å². The van der Waals surface area contributed by atoms with E-state index in [1.54, 1.807) is 26.2 Å². The summed E-state index contributed by atoms with van der Waals surface area (Å²) in [4.78, 5) is 21.0. The third kappa shape index (κ3) is 6.62. The number of nitrogen functional groups attached to an aromatic ring is 1. The first-order chi connectivity index (χ1) is 17.6. The third-order valence-electron chi connectivity index (χ3n) is 5.95. The van der Waals surface area contributed by atoms with Crippen molar-refractivity contribution in [3.8, 4) is 5.75 Å². The van der Waals surface area contributed by atoms with Crippen molar-refractivity contribution in [3.05, 3.63) is 70.9 Å². The number of nitrogens with two attached hydrogens (primary N) is 1. The first-order valence-electron chi connectivity index (χ1n) is 12.2. The molecule has 37 heavy (non-hydrogen) atoms. The quantitative estimate of drug-likeness (QED) is 0.403. The Labute approximate surface area is 219 Å². The SMILES string of the molecule is CNCCC(Oc1ccc(C(=O)N(C)C)cc1N=C(C)c1c(C)nnc(N(C)C)c1N)c1ccccc1. The number of benzene rings is 2. The molecule has 1 aromatic heterocycles. The first-order valence-corrected chi connectivity index (χ1v) is 12.2. The van der Waals surface area contributed by atoms with E-state index in [1.165, 1.54) is 4.90 Å². The highest BCUT2D eigenvalue weighted by atomic mass is 16.5. The van der Waals surface area contributed by atoms with Gasteiger partial charge in [-0.05, 0) is 51.2 Å². The Balaban J connectivity index is 2.13. The molecule has 9 nitrogen and oxygen atoms in total. The molecule has 0 saturated heterocycles. The van der Waals surface area contributed by atoms with E-state index in [0.717, 1.165) is 18.5 Å². The van der Waals surface area contributed by atoms with E-state index >= 15 is 0 Å². The lowest BCUT2D eigenvalue weighted by molar-refractivity contribution is 0.0827. The van der Waals surface area contributed by atoms with Gasteiger partial charge >= 0.3 is 0 Å². The molecule has 3 rings (SSSR count). The van der Waals surface area contributed by atoms with E-state index in [0.29, 0.717) is 45.5 Å². The summed E-state index contributed by atoms with van der Waals surface area (Å²) < 4.78 is 6.55. The van der Waals surface area contributed by atoms with Gasteiger partial charge in [0.25, 0.3) is 5.91 Å². The molecule has 1 atom stereocenters. The molecule has 2 aromatic carbocycles. The molecular formula is C28H37N7O2. The van der Waals surface area contributed by atoms with Crippen molar-refractivity contribution in [2.75, 3.05) is 52.4 Å².